The molecular formula is C22H28N2O3S. The average Bonchev–Trinajstić information content (AvgIpc) is 2.68. The highest BCUT2D eigenvalue weighted by Gasteiger charge is 2.41. The fourth-order valence-electron chi connectivity index (χ4n) is 4.10. The van der Waals surface area contributed by atoms with Crippen molar-refractivity contribution in [2.45, 2.75) is 37.2 Å². The lowest BCUT2D eigenvalue weighted by atomic mass is 10.00. The van der Waals surface area contributed by atoms with E-state index in [9.17, 15) is 8.42 Å². The third-order valence-electron chi connectivity index (χ3n) is 5.75. The lowest BCUT2D eigenvalue weighted by molar-refractivity contribution is -0.0150. The number of sulfonamides is 1. The van der Waals surface area contributed by atoms with E-state index in [2.05, 4.69) is 29.2 Å². The van der Waals surface area contributed by atoms with Gasteiger partial charge in [-0.15, -0.1) is 0 Å². The molecule has 0 unspecified atom stereocenters. The molecule has 0 spiro atoms. The van der Waals surface area contributed by atoms with Crippen molar-refractivity contribution in [1.29, 1.82) is 0 Å². The van der Waals surface area contributed by atoms with Gasteiger partial charge in [-0.25, -0.2) is 8.42 Å². The van der Waals surface area contributed by atoms with Gasteiger partial charge >= 0.3 is 0 Å². The first kappa shape index (κ1) is 19.6. The molecule has 6 heteroatoms. The Hall–Kier alpha value is -1.73. The van der Waals surface area contributed by atoms with E-state index in [0.717, 1.165) is 38.2 Å². The zero-order valence-corrected chi connectivity index (χ0v) is 16.9. The number of hydrogen-bond acceptors (Lipinski definition) is 4. The number of ether oxygens (including phenoxy) is 1. The van der Waals surface area contributed by atoms with Crippen molar-refractivity contribution in [3.8, 4) is 0 Å². The molecule has 2 aromatic carbocycles. The maximum Gasteiger partial charge on any atom is 0.218 e. The Morgan fingerprint density at radius 3 is 2.04 bits per heavy atom. The molecule has 2 saturated heterocycles. The first-order valence-electron chi connectivity index (χ1n) is 10.0. The van der Waals surface area contributed by atoms with Gasteiger partial charge in [0.2, 0.25) is 10.0 Å². The molecule has 0 amide bonds. The summed E-state index contributed by atoms with van der Waals surface area (Å²) in [6.45, 7) is 3.61. The van der Waals surface area contributed by atoms with E-state index >= 15 is 0 Å². The molecule has 2 aromatic rings. The molecule has 0 atom stereocenters. The zero-order chi connectivity index (χ0) is 19.4. The Morgan fingerprint density at radius 1 is 0.857 bits per heavy atom. The van der Waals surface area contributed by atoms with E-state index in [-0.39, 0.29) is 11.8 Å². The highest BCUT2D eigenvalue weighted by molar-refractivity contribution is 7.88. The molecule has 2 aliphatic heterocycles. The third-order valence-corrected chi connectivity index (χ3v) is 7.53. The Morgan fingerprint density at radius 2 is 1.43 bits per heavy atom. The largest absolute Gasteiger partial charge is 0.381 e. The molecular weight excluding hydrogens is 372 g/mol. The minimum absolute atomic E-state index is 0.0799. The van der Waals surface area contributed by atoms with E-state index in [0.29, 0.717) is 19.1 Å². The van der Waals surface area contributed by atoms with Crippen molar-refractivity contribution >= 4 is 10.0 Å². The zero-order valence-electron chi connectivity index (χ0n) is 16.1. The van der Waals surface area contributed by atoms with E-state index in [4.69, 9.17) is 4.74 Å². The molecule has 150 valence electrons. The van der Waals surface area contributed by atoms with Crippen LogP contribution in [0, 0.1) is 0 Å². The number of nitrogens with zero attached hydrogens (tertiary/aromatic N) is 2. The van der Waals surface area contributed by atoms with Crippen LogP contribution >= 0.6 is 0 Å². The molecule has 28 heavy (non-hydrogen) atoms. The highest BCUT2D eigenvalue weighted by Crippen LogP contribution is 2.27. The number of benzene rings is 2. The van der Waals surface area contributed by atoms with Gasteiger partial charge in [0.05, 0.1) is 5.75 Å². The lowest BCUT2D eigenvalue weighted by Gasteiger charge is -2.48. The maximum absolute atomic E-state index is 12.8. The fraction of sp³-hybridized carbons (Fsp3) is 0.455. The van der Waals surface area contributed by atoms with Crippen LogP contribution in [0.4, 0.5) is 0 Å². The van der Waals surface area contributed by atoms with Crippen LogP contribution in [0.1, 0.15) is 24.0 Å². The quantitative estimate of drug-likeness (QED) is 0.717. The Balaban J connectivity index is 1.42. The summed E-state index contributed by atoms with van der Waals surface area (Å²) in [6, 6.07) is 20.6. The molecule has 5 nitrogen and oxygen atoms in total. The molecule has 0 radical (unpaired) electrons. The Labute approximate surface area is 168 Å². The van der Waals surface area contributed by atoms with Gasteiger partial charge < -0.3 is 4.74 Å². The molecule has 2 fully saturated rings. The van der Waals surface area contributed by atoms with Gasteiger partial charge in [-0.1, -0.05) is 60.7 Å². The molecule has 0 N–H and O–H groups in total. The van der Waals surface area contributed by atoms with Crippen molar-refractivity contribution < 1.29 is 13.2 Å². The minimum atomic E-state index is -3.26. The summed E-state index contributed by atoms with van der Waals surface area (Å²) in [4.78, 5) is 2.51. The van der Waals surface area contributed by atoms with Gasteiger partial charge in [-0.2, -0.15) is 4.31 Å². The molecule has 2 heterocycles. The summed E-state index contributed by atoms with van der Waals surface area (Å²) >= 11 is 0. The van der Waals surface area contributed by atoms with Gasteiger partial charge in [-0.3, -0.25) is 4.90 Å². The second kappa shape index (κ2) is 8.74. The van der Waals surface area contributed by atoms with Crippen LogP contribution in [-0.4, -0.2) is 56.0 Å². The maximum atomic E-state index is 12.8. The molecule has 0 aromatic heterocycles. The smallest absolute Gasteiger partial charge is 0.218 e. The van der Waals surface area contributed by atoms with Crippen LogP contribution in [-0.2, 0) is 27.1 Å². The van der Waals surface area contributed by atoms with E-state index < -0.39 is 10.0 Å². The van der Waals surface area contributed by atoms with E-state index in [1.807, 2.05) is 36.4 Å². The first-order valence-corrected chi connectivity index (χ1v) is 11.6. The second-order valence-electron chi connectivity index (χ2n) is 7.71. The van der Waals surface area contributed by atoms with Crippen molar-refractivity contribution in [3.05, 3.63) is 71.8 Å². The average molecular weight is 401 g/mol. The second-order valence-corrected chi connectivity index (χ2v) is 9.68. The number of rotatable bonds is 7. The van der Waals surface area contributed by atoms with E-state index in [1.54, 1.807) is 4.31 Å². The SMILES string of the molecule is O=S(=O)(Cc1ccccc1)N1CC(N(Cc2ccccc2)C2CCOCC2)C1. The van der Waals surface area contributed by atoms with Crippen molar-refractivity contribution in [3.63, 3.8) is 0 Å². The first-order chi connectivity index (χ1) is 13.6. The van der Waals surface area contributed by atoms with Crippen LogP contribution in [0.25, 0.3) is 0 Å². The van der Waals surface area contributed by atoms with E-state index in [1.165, 1.54) is 5.56 Å². The predicted molar refractivity (Wildman–Crippen MR) is 110 cm³/mol. The molecule has 0 aliphatic carbocycles. The summed E-state index contributed by atoms with van der Waals surface area (Å²) in [5.41, 5.74) is 2.12. The highest BCUT2D eigenvalue weighted by atomic mass is 32.2. The van der Waals surface area contributed by atoms with Crippen molar-refractivity contribution in [2.75, 3.05) is 26.3 Å². The molecule has 2 aliphatic rings. The summed E-state index contributed by atoms with van der Waals surface area (Å²) in [5.74, 6) is 0.0799. The van der Waals surface area contributed by atoms with Gasteiger partial charge in [0, 0.05) is 44.9 Å². The Bertz CT molecular complexity index is 846. The predicted octanol–water partition coefficient (Wildman–Crippen LogP) is 2.88. The van der Waals surface area contributed by atoms with Crippen LogP contribution < -0.4 is 0 Å². The lowest BCUT2D eigenvalue weighted by Crippen LogP contribution is -2.63. The van der Waals surface area contributed by atoms with Gasteiger partial charge in [-0.05, 0) is 24.0 Å². The standard InChI is InChI=1S/C22H28N2O3S/c25-28(26,18-20-9-5-2-6-10-20)23-16-22(17-23)24(21-11-13-27-14-12-21)15-19-7-3-1-4-8-19/h1-10,21-22H,11-18H2. The van der Waals surface area contributed by atoms with Gasteiger partial charge in [0.15, 0.2) is 0 Å². The number of hydrogen-bond donors (Lipinski definition) is 0. The van der Waals surface area contributed by atoms with Crippen LogP contribution in [0.2, 0.25) is 0 Å². The summed E-state index contributed by atoms with van der Waals surface area (Å²) in [7, 11) is -3.26. The topological polar surface area (TPSA) is 49.9 Å². The third kappa shape index (κ3) is 4.63. The fourth-order valence-corrected chi connectivity index (χ4v) is 5.69. The molecule has 0 saturated carbocycles. The molecule has 4 rings (SSSR count). The minimum Gasteiger partial charge on any atom is -0.381 e. The normalized spacial score (nSPS) is 19.6. The van der Waals surface area contributed by atoms with Crippen LogP contribution in [0.5, 0.6) is 0 Å². The molecule has 0 bridgehead atoms. The summed E-state index contributed by atoms with van der Waals surface area (Å²) in [6.07, 6.45) is 2.03. The van der Waals surface area contributed by atoms with Crippen molar-refractivity contribution in [1.82, 2.24) is 9.21 Å². The van der Waals surface area contributed by atoms with Gasteiger partial charge in [0.25, 0.3) is 0 Å². The van der Waals surface area contributed by atoms with Crippen LogP contribution in [0.3, 0.4) is 0 Å². The summed E-state index contributed by atoms with van der Waals surface area (Å²) < 4.78 is 32.7. The Kier molecular flexibility index (Phi) is 6.11. The van der Waals surface area contributed by atoms with Crippen LogP contribution in [0.15, 0.2) is 60.7 Å². The van der Waals surface area contributed by atoms with Crippen molar-refractivity contribution in [2.24, 2.45) is 0 Å². The van der Waals surface area contributed by atoms with Gasteiger partial charge in [0.1, 0.15) is 0 Å². The summed E-state index contributed by atoms with van der Waals surface area (Å²) in [5, 5.41) is 0. The monoisotopic (exact) mass is 400 g/mol.